The average molecular weight is 295 g/mol. The summed E-state index contributed by atoms with van der Waals surface area (Å²) in [5.74, 6) is 1.83. The first-order chi connectivity index (χ1) is 10.8. The van der Waals surface area contributed by atoms with Gasteiger partial charge in [-0.3, -0.25) is 0 Å². The highest BCUT2D eigenvalue weighted by Crippen LogP contribution is 2.44. The summed E-state index contributed by atoms with van der Waals surface area (Å²) < 4.78 is 5.55. The van der Waals surface area contributed by atoms with E-state index >= 15 is 0 Å². The number of para-hydroxylation sites is 1. The largest absolute Gasteiger partial charge is 0.494 e. The minimum absolute atomic E-state index is 0.257. The van der Waals surface area contributed by atoms with Gasteiger partial charge < -0.3 is 15.8 Å². The number of hydrogen-bond acceptors (Lipinski definition) is 2. The fourth-order valence-electron chi connectivity index (χ4n) is 2.56. The number of benzene rings is 2. The quantitative estimate of drug-likeness (QED) is 0.657. The molecule has 0 aliphatic heterocycles. The second kappa shape index (κ2) is 6.52. The van der Waals surface area contributed by atoms with Crippen LogP contribution in [-0.4, -0.2) is 18.6 Å². The summed E-state index contributed by atoms with van der Waals surface area (Å²) in [5.41, 5.74) is 8.21. The van der Waals surface area contributed by atoms with Crippen LogP contribution in [0.15, 0.2) is 59.6 Å². The number of nitrogens with two attached hydrogens (primary N) is 1. The standard InChI is InChI=1S/C18H21N3O/c1-2-22-15-10-6-7-13(11-15)16-12-17(16)21-18(19)20-14-8-4-3-5-9-14/h3-11,16-17H,2,12H2,1H3,(H3,19,20,21)/t16-,17+/m0/s1. The molecule has 22 heavy (non-hydrogen) atoms. The first kappa shape index (κ1) is 14.4. The Bertz CT molecular complexity index is 654. The molecule has 0 bridgehead atoms. The summed E-state index contributed by atoms with van der Waals surface area (Å²) in [5, 5.41) is 3.12. The van der Waals surface area contributed by atoms with Crippen LogP contribution in [0.2, 0.25) is 0 Å². The molecule has 2 atom stereocenters. The summed E-state index contributed by atoms with van der Waals surface area (Å²) in [6.07, 6.45) is 1.03. The summed E-state index contributed by atoms with van der Waals surface area (Å²) in [6.45, 7) is 2.68. The van der Waals surface area contributed by atoms with Gasteiger partial charge in [0.2, 0.25) is 0 Å². The van der Waals surface area contributed by atoms with Crippen LogP contribution in [0, 0.1) is 0 Å². The van der Waals surface area contributed by atoms with E-state index in [2.05, 4.69) is 22.4 Å². The molecular formula is C18H21N3O. The third kappa shape index (κ3) is 3.58. The number of ether oxygens (including phenoxy) is 1. The summed E-state index contributed by atoms with van der Waals surface area (Å²) in [6, 6.07) is 18.4. The van der Waals surface area contributed by atoms with Crippen LogP contribution >= 0.6 is 0 Å². The van der Waals surface area contributed by atoms with Crippen molar-refractivity contribution in [2.45, 2.75) is 25.3 Å². The van der Waals surface area contributed by atoms with Gasteiger partial charge in [-0.05, 0) is 43.2 Å². The highest BCUT2D eigenvalue weighted by molar-refractivity contribution is 5.92. The molecule has 4 heteroatoms. The minimum Gasteiger partial charge on any atom is -0.494 e. The van der Waals surface area contributed by atoms with Crippen LogP contribution in [0.25, 0.3) is 0 Å². The molecule has 0 saturated heterocycles. The van der Waals surface area contributed by atoms with Crippen molar-refractivity contribution >= 4 is 11.6 Å². The van der Waals surface area contributed by atoms with Crippen molar-refractivity contribution in [3.05, 3.63) is 60.2 Å². The van der Waals surface area contributed by atoms with Crippen molar-refractivity contribution in [3.63, 3.8) is 0 Å². The van der Waals surface area contributed by atoms with E-state index in [1.807, 2.05) is 49.4 Å². The van der Waals surface area contributed by atoms with Crippen molar-refractivity contribution in [2.75, 3.05) is 11.9 Å². The Hall–Kier alpha value is -2.49. The second-order valence-corrected chi connectivity index (χ2v) is 5.42. The summed E-state index contributed by atoms with van der Waals surface area (Å²) in [7, 11) is 0. The van der Waals surface area contributed by atoms with Crippen LogP contribution in [0.1, 0.15) is 24.8 Å². The lowest BCUT2D eigenvalue weighted by Gasteiger charge is -2.06. The maximum atomic E-state index is 5.98. The van der Waals surface area contributed by atoms with Gasteiger partial charge in [0.05, 0.1) is 12.6 Å². The topological polar surface area (TPSA) is 59.6 Å². The molecule has 1 saturated carbocycles. The summed E-state index contributed by atoms with van der Waals surface area (Å²) >= 11 is 0. The van der Waals surface area contributed by atoms with Crippen LogP contribution < -0.4 is 15.8 Å². The zero-order valence-electron chi connectivity index (χ0n) is 12.7. The molecule has 2 aromatic rings. The third-order valence-corrected chi connectivity index (χ3v) is 3.71. The normalized spacial score (nSPS) is 20.5. The number of aliphatic imine (C=N–C) groups is 1. The van der Waals surface area contributed by atoms with Crippen LogP contribution in [-0.2, 0) is 0 Å². The molecule has 0 amide bonds. The highest BCUT2D eigenvalue weighted by atomic mass is 16.5. The van der Waals surface area contributed by atoms with Gasteiger partial charge >= 0.3 is 0 Å². The molecule has 114 valence electrons. The first-order valence-electron chi connectivity index (χ1n) is 7.64. The lowest BCUT2D eigenvalue weighted by molar-refractivity contribution is 0.340. The smallest absolute Gasteiger partial charge is 0.193 e. The van der Waals surface area contributed by atoms with Crippen molar-refractivity contribution in [1.82, 2.24) is 0 Å². The lowest BCUT2D eigenvalue weighted by atomic mass is 10.1. The molecule has 0 spiro atoms. The van der Waals surface area contributed by atoms with Crippen molar-refractivity contribution in [2.24, 2.45) is 10.7 Å². The Labute approximate surface area is 131 Å². The van der Waals surface area contributed by atoms with E-state index in [-0.39, 0.29) is 6.04 Å². The molecule has 4 nitrogen and oxygen atoms in total. The minimum atomic E-state index is 0.257. The predicted octanol–water partition coefficient (Wildman–Crippen LogP) is 3.37. The monoisotopic (exact) mass is 295 g/mol. The molecule has 3 N–H and O–H groups in total. The number of nitrogens with one attached hydrogen (secondary N) is 1. The van der Waals surface area contributed by atoms with Gasteiger partial charge in [-0.25, -0.2) is 4.99 Å². The number of anilines is 1. The van der Waals surface area contributed by atoms with Crippen molar-refractivity contribution in [1.29, 1.82) is 0 Å². The number of rotatable bonds is 5. The molecular weight excluding hydrogens is 274 g/mol. The maximum absolute atomic E-state index is 5.98. The maximum Gasteiger partial charge on any atom is 0.193 e. The zero-order valence-corrected chi connectivity index (χ0v) is 12.7. The van der Waals surface area contributed by atoms with Gasteiger partial charge in [-0.1, -0.05) is 30.3 Å². The third-order valence-electron chi connectivity index (χ3n) is 3.71. The Balaban J connectivity index is 1.62. The van der Waals surface area contributed by atoms with E-state index in [9.17, 15) is 0 Å². The van der Waals surface area contributed by atoms with E-state index in [4.69, 9.17) is 10.5 Å². The van der Waals surface area contributed by atoms with Crippen LogP contribution in [0.5, 0.6) is 5.75 Å². The number of hydrogen-bond donors (Lipinski definition) is 2. The van der Waals surface area contributed by atoms with E-state index in [0.29, 0.717) is 18.5 Å². The number of nitrogens with zero attached hydrogens (tertiary/aromatic N) is 1. The van der Waals surface area contributed by atoms with Crippen molar-refractivity contribution in [3.8, 4) is 5.75 Å². The average Bonchev–Trinajstić information content (AvgIpc) is 3.28. The van der Waals surface area contributed by atoms with Gasteiger partial charge in [0.25, 0.3) is 0 Å². The van der Waals surface area contributed by atoms with Gasteiger partial charge in [0, 0.05) is 11.6 Å². The Kier molecular flexibility index (Phi) is 4.28. The van der Waals surface area contributed by atoms with E-state index in [1.54, 1.807) is 0 Å². The van der Waals surface area contributed by atoms with Gasteiger partial charge in [0.1, 0.15) is 5.75 Å². The predicted molar refractivity (Wildman–Crippen MR) is 90.4 cm³/mol. The lowest BCUT2D eigenvalue weighted by Crippen LogP contribution is -2.23. The van der Waals surface area contributed by atoms with Crippen LogP contribution in [0.3, 0.4) is 0 Å². The molecule has 1 aliphatic carbocycles. The van der Waals surface area contributed by atoms with Gasteiger partial charge in [-0.15, -0.1) is 0 Å². The molecule has 3 rings (SSSR count). The molecule has 2 aromatic carbocycles. The summed E-state index contributed by atoms with van der Waals surface area (Å²) in [4.78, 5) is 4.56. The molecule has 0 unspecified atom stereocenters. The van der Waals surface area contributed by atoms with Gasteiger partial charge in [0.15, 0.2) is 5.96 Å². The van der Waals surface area contributed by atoms with Crippen LogP contribution in [0.4, 0.5) is 5.69 Å². The Morgan fingerprint density at radius 1 is 1.23 bits per heavy atom. The van der Waals surface area contributed by atoms with Crippen molar-refractivity contribution < 1.29 is 4.74 Å². The zero-order chi connectivity index (χ0) is 15.4. The van der Waals surface area contributed by atoms with E-state index in [1.165, 1.54) is 5.56 Å². The second-order valence-electron chi connectivity index (χ2n) is 5.42. The SMILES string of the molecule is CCOc1cccc([C@@H]2C[C@H]2N=C(N)Nc2ccccc2)c1. The molecule has 1 aliphatic rings. The first-order valence-corrected chi connectivity index (χ1v) is 7.64. The highest BCUT2D eigenvalue weighted by Gasteiger charge is 2.38. The molecule has 0 aromatic heterocycles. The molecule has 0 radical (unpaired) electrons. The number of guanidine groups is 1. The molecule has 1 fully saturated rings. The Morgan fingerprint density at radius 3 is 2.82 bits per heavy atom. The van der Waals surface area contributed by atoms with Gasteiger partial charge in [-0.2, -0.15) is 0 Å². The molecule has 0 heterocycles. The Morgan fingerprint density at radius 2 is 2.05 bits per heavy atom. The fourth-order valence-corrected chi connectivity index (χ4v) is 2.56. The van der Waals surface area contributed by atoms with E-state index < -0.39 is 0 Å². The van der Waals surface area contributed by atoms with E-state index in [0.717, 1.165) is 17.9 Å². The fraction of sp³-hybridized carbons (Fsp3) is 0.278.